The van der Waals surface area contributed by atoms with Crippen LogP contribution in [0.15, 0.2) is 0 Å². The van der Waals surface area contributed by atoms with Gasteiger partial charge in [0.25, 0.3) is 0 Å². The number of hydrogen-bond acceptors (Lipinski definition) is 2. The lowest BCUT2D eigenvalue weighted by atomic mass is 9.62. The third kappa shape index (κ3) is 1.27. The van der Waals surface area contributed by atoms with E-state index in [-0.39, 0.29) is 11.0 Å². The van der Waals surface area contributed by atoms with Gasteiger partial charge < -0.3 is 9.84 Å². The minimum absolute atomic E-state index is 0.177. The maximum Gasteiger partial charge on any atom is 0.0694 e. The van der Waals surface area contributed by atoms with Gasteiger partial charge in [0.1, 0.15) is 0 Å². The van der Waals surface area contributed by atoms with E-state index in [1.807, 2.05) is 13.8 Å². The predicted octanol–water partition coefficient (Wildman–Crippen LogP) is 1.96. The van der Waals surface area contributed by atoms with Crippen molar-refractivity contribution in [2.75, 3.05) is 13.2 Å². The number of hydrogen-bond donors (Lipinski definition) is 1. The van der Waals surface area contributed by atoms with Crippen LogP contribution in [0.5, 0.6) is 0 Å². The Bertz CT molecular complexity index is 132. The van der Waals surface area contributed by atoms with Gasteiger partial charge in [-0.05, 0) is 19.3 Å². The summed E-state index contributed by atoms with van der Waals surface area (Å²) in [6, 6.07) is 0. The second-order valence-electron chi connectivity index (χ2n) is 3.84. The Labute approximate surface area is 74.9 Å². The Balaban J connectivity index is 0.000000336. The smallest absolute Gasteiger partial charge is 0.0694 e. The fourth-order valence-corrected chi connectivity index (χ4v) is 2.33. The average molecular weight is 172 g/mol. The molecule has 2 heteroatoms. The molecule has 0 aromatic rings. The molecule has 3 fully saturated rings. The van der Waals surface area contributed by atoms with Gasteiger partial charge in [0.05, 0.1) is 18.8 Å². The van der Waals surface area contributed by atoms with Gasteiger partial charge in [-0.3, -0.25) is 0 Å². The van der Waals surface area contributed by atoms with Gasteiger partial charge in [0.2, 0.25) is 0 Å². The van der Waals surface area contributed by atoms with Crippen LogP contribution in [0.1, 0.15) is 40.0 Å². The van der Waals surface area contributed by atoms with E-state index >= 15 is 0 Å². The molecule has 3 rings (SSSR count). The Morgan fingerprint density at radius 1 is 1.33 bits per heavy atom. The van der Waals surface area contributed by atoms with Crippen LogP contribution in [0.3, 0.4) is 0 Å². The molecule has 1 N–H and O–H groups in total. The van der Waals surface area contributed by atoms with Gasteiger partial charge >= 0.3 is 0 Å². The minimum Gasteiger partial charge on any atom is -0.396 e. The Hall–Kier alpha value is -0.0800. The summed E-state index contributed by atoms with van der Waals surface area (Å²) in [5.74, 6) is 0. The number of aliphatic hydroxyl groups excluding tert-OH is 1. The highest BCUT2D eigenvalue weighted by molar-refractivity contribution is 5.10. The van der Waals surface area contributed by atoms with Crippen LogP contribution in [-0.2, 0) is 4.74 Å². The zero-order valence-corrected chi connectivity index (χ0v) is 8.39. The summed E-state index contributed by atoms with van der Waals surface area (Å²) in [6.45, 7) is 7.26. The van der Waals surface area contributed by atoms with Crippen molar-refractivity contribution in [3.05, 3.63) is 0 Å². The van der Waals surface area contributed by atoms with E-state index in [1.54, 1.807) is 0 Å². The summed E-state index contributed by atoms with van der Waals surface area (Å²) in [4.78, 5) is 0. The molecule has 1 saturated carbocycles. The van der Waals surface area contributed by atoms with Gasteiger partial charge in [-0.1, -0.05) is 20.8 Å². The fraction of sp³-hybridized carbons (Fsp3) is 1.00. The highest BCUT2D eigenvalue weighted by Gasteiger charge is 2.60. The van der Waals surface area contributed by atoms with Crippen molar-refractivity contribution in [3.63, 3.8) is 0 Å². The van der Waals surface area contributed by atoms with Crippen molar-refractivity contribution < 1.29 is 9.84 Å². The normalized spacial score (nSPS) is 43.0. The van der Waals surface area contributed by atoms with Gasteiger partial charge in [-0.25, -0.2) is 0 Å². The van der Waals surface area contributed by atoms with E-state index in [0.717, 1.165) is 25.9 Å². The summed E-state index contributed by atoms with van der Waals surface area (Å²) in [7, 11) is 0. The summed E-state index contributed by atoms with van der Waals surface area (Å²) in [5.41, 5.74) is 0.360. The summed E-state index contributed by atoms with van der Waals surface area (Å²) in [5, 5.41) is 8.99. The molecular weight excluding hydrogens is 152 g/mol. The largest absolute Gasteiger partial charge is 0.396 e. The van der Waals surface area contributed by atoms with Gasteiger partial charge in [-0.2, -0.15) is 0 Å². The zero-order chi connectivity index (χ0) is 9.24. The topological polar surface area (TPSA) is 29.5 Å². The quantitative estimate of drug-likeness (QED) is 0.690. The molecule has 2 bridgehead atoms. The van der Waals surface area contributed by atoms with E-state index in [9.17, 15) is 0 Å². The Kier molecular flexibility index (Phi) is 2.79. The van der Waals surface area contributed by atoms with Crippen LogP contribution in [0, 0.1) is 5.41 Å². The molecular formula is C10H20O2. The lowest BCUT2D eigenvalue weighted by Gasteiger charge is -2.43. The van der Waals surface area contributed by atoms with Crippen LogP contribution in [0.4, 0.5) is 0 Å². The minimum atomic E-state index is 0.177. The number of aliphatic hydroxyl groups is 1. The SMILES string of the molecule is CC.CCC12CC(CO)(CO1)C2. The zero-order valence-electron chi connectivity index (χ0n) is 8.39. The monoisotopic (exact) mass is 172 g/mol. The second-order valence-corrected chi connectivity index (χ2v) is 3.84. The third-order valence-corrected chi connectivity index (χ3v) is 3.06. The van der Waals surface area contributed by atoms with Crippen LogP contribution in [-0.4, -0.2) is 23.9 Å². The van der Waals surface area contributed by atoms with E-state index in [2.05, 4.69) is 6.92 Å². The first-order valence-corrected chi connectivity index (χ1v) is 4.99. The molecule has 12 heavy (non-hydrogen) atoms. The van der Waals surface area contributed by atoms with E-state index < -0.39 is 0 Å². The van der Waals surface area contributed by atoms with Crippen LogP contribution in [0.25, 0.3) is 0 Å². The third-order valence-electron chi connectivity index (χ3n) is 3.06. The number of ether oxygens (including phenoxy) is 1. The molecule has 0 atom stereocenters. The summed E-state index contributed by atoms with van der Waals surface area (Å²) >= 11 is 0. The molecule has 0 aromatic heterocycles. The maximum absolute atomic E-state index is 8.99. The van der Waals surface area contributed by atoms with Crippen LogP contribution < -0.4 is 0 Å². The van der Waals surface area contributed by atoms with E-state index in [0.29, 0.717) is 6.61 Å². The Morgan fingerprint density at radius 3 is 2.17 bits per heavy atom. The average Bonchev–Trinajstić information content (AvgIpc) is 2.62. The van der Waals surface area contributed by atoms with Crippen molar-refractivity contribution in [3.8, 4) is 0 Å². The van der Waals surface area contributed by atoms with Crippen molar-refractivity contribution in [1.82, 2.24) is 0 Å². The number of fused-ring (bicyclic) bond motifs is 1. The standard InChI is InChI=1S/C8H14O2.C2H6/c1-2-8-3-7(4-8,5-9)6-10-8;1-2/h9H,2-6H2,1H3;1-2H3. The second kappa shape index (κ2) is 3.35. The molecule has 2 aliphatic heterocycles. The van der Waals surface area contributed by atoms with Crippen molar-refractivity contribution in [2.24, 2.45) is 5.41 Å². The number of rotatable bonds is 2. The van der Waals surface area contributed by atoms with Gasteiger partial charge in [-0.15, -0.1) is 0 Å². The van der Waals surface area contributed by atoms with Crippen LogP contribution >= 0.6 is 0 Å². The summed E-state index contributed by atoms with van der Waals surface area (Å²) in [6.07, 6.45) is 3.29. The molecule has 3 aliphatic rings. The lowest BCUT2D eigenvalue weighted by molar-refractivity contribution is -0.0309. The Morgan fingerprint density at radius 2 is 1.92 bits per heavy atom. The molecule has 0 unspecified atom stereocenters. The van der Waals surface area contributed by atoms with Crippen molar-refractivity contribution >= 4 is 0 Å². The maximum atomic E-state index is 8.99. The molecule has 2 saturated heterocycles. The van der Waals surface area contributed by atoms with Gasteiger partial charge in [0, 0.05) is 5.41 Å². The van der Waals surface area contributed by atoms with Crippen molar-refractivity contribution in [2.45, 2.75) is 45.6 Å². The molecule has 0 amide bonds. The molecule has 2 heterocycles. The molecule has 72 valence electrons. The fourth-order valence-electron chi connectivity index (χ4n) is 2.33. The first-order chi connectivity index (χ1) is 5.74. The highest BCUT2D eigenvalue weighted by Crippen LogP contribution is 2.58. The molecule has 0 aromatic carbocycles. The van der Waals surface area contributed by atoms with Crippen molar-refractivity contribution in [1.29, 1.82) is 0 Å². The molecule has 0 radical (unpaired) electrons. The molecule has 0 spiro atoms. The first kappa shape index (κ1) is 10.0. The molecule has 2 nitrogen and oxygen atoms in total. The highest BCUT2D eigenvalue weighted by atomic mass is 16.5. The van der Waals surface area contributed by atoms with Crippen LogP contribution in [0.2, 0.25) is 0 Å². The predicted molar refractivity (Wildman–Crippen MR) is 49.1 cm³/mol. The van der Waals surface area contributed by atoms with Gasteiger partial charge in [0.15, 0.2) is 0 Å². The molecule has 1 aliphatic carbocycles. The van der Waals surface area contributed by atoms with E-state index in [4.69, 9.17) is 9.84 Å². The first-order valence-electron chi connectivity index (χ1n) is 4.99. The summed E-state index contributed by atoms with van der Waals surface area (Å²) < 4.78 is 5.60. The van der Waals surface area contributed by atoms with E-state index in [1.165, 1.54) is 0 Å². The lowest BCUT2D eigenvalue weighted by Crippen LogP contribution is -2.45.